The number of aromatic nitrogens is 1. The molecule has 0 bridgehead atoms. The summed E-state index contributed by atoms with van der Waals surface area (Å²) in [6, 6.07) is 14.2. The van der Waals surface area contributed by atoms with E-state index in [4.69, 9.17) is 37.5 Å². The number of hydrogen-bond acceptors (Lipinski definition) is 6. The number of benzene rings is 2. The van der Waals surface area contributed by atoms with E-state index in [1.807, 2.05) is 18.2 Å². The fraction of sp³-hybridized carbons (Fsp3) is 0.240. The van der Waals surface area contributed by atoms with Crippen LogP contribution in [0.3, 0.4) is 0 Å². The van der Waals surface area contributed by atoms with Gasteiger partial charge >= 0.3 is 0 Å². The number of pyridine rings is 1. The van der Waals surface area contributed by atoms with E-state index in [9.17, 15) is 4.79 Å². The minimum Gasteiger partial charge on any atom is -0.493 e. The lowest BCUT2D eigenvalue weighted by molar-refractivity contribution is 0.0753. The third kappa shape index (κ3) is 5.98. The Morgan fingerprint density at radius 1 is 1.12 bits per heavy atom. The molecular weight excluding hydrogens is 477 g/mol. The van der Waals surface area contributed by atoms with Crippen LogP contribution in [0.1, 0.15) is 27.9 Å². The average molecular weight is 500 g/mol. The molecule has 0 radical (unpaired) electrons. The molecule has 0 fully saturated rings. The van der Waals surface area contributed by atoms with E-state index >= 15 is 0 Å². The van der Waals surface area contributed by atoms with Gasteiger partial charge in [-0.15, -0.1) is 0 Å². The largest absolute Gasteiger partial charge is 0.493 e. The zero-order valence-corrected chi connectivity index (χ0v) is 20.0. The van der Waals surface area contributed by atoms with Crippen molar-refractivity contribution in [3.63, 3.8) is 0 Å². The van der Waals surface area contributed by atoms with Gasteiger partial charge in [-0.25, -0.2) is 0 Å². The zero-order valence-electron chi connectivity index (χ0n) is 18.5. The molecule has 7 nitrogen and oxygen atoms in total. The van der Waals surface area contributed by atoms with E-state index in [-0.39, 0.29) is 12.0 Å². The summed E-state index contributed by atoms with van der Waals surface area (Å²) in [6.07, 6.45) is 4.37. The number of carbonyl (C=O) groups excluding carboxylic acids is 1. The Morgan fingerprint density at radius 2 is 1.94 bits per heavy atom. The fourth-order valence-electron chi connectivity index (χ4n) is 3.49. The van der Waals surface area contributed by atoms with Crippen molar-refractivity contribution in [1.29, 1.82) is 0 Å². The van der Waals surface area contributed by atoms with Crippen molar-refractivity contribution in [3.05, 3.63) is 87.7 Å². The number of methoxy groups -OCH3 is 1. The summed E-state index contributed by atoms with van der Waals surface area (Å²) in [5, 5.41) is 8.19. The number of hydrogen-bond donors (Lipinski definition) is 1. The van der Waals surface area contributed by atoms with E-state index in [1.165, 1.54) is 0 Å². The second kappa shape index (κ2) is 11.2. The van der Waals surface area contributed by atoms with E-state index < -0.39 is 0 Å². The summed E-state index contributed by atoms with van der Waals surface area (Å²) in [5.74, 6) is 0.767. The molecule has 1 amide bonds. The molecule has 34 heavy (non-hydrogen) atoms. The number of rotatable bonds is 9. The molecule has 0 saturated carbocycles. The second-order valence-corrected chi connectivity index (χ2v) is 8.46. The number of halogens is 2. The highest BCUT2D eigenvalue weighted by Gasteiger charge is 2.23. The minimum absolute atomic E-state index is 0.231. The Kier molecular flexibility index (Phi) is 7.87. The van der Waals surface area contributed by atoms with Crippen molar-refractivity contribution in [1.82, 2.24) is 10.3 Å². The average Bonchev–Trinajstić information content (AvgIpc) is 3.33. The lowest BCUT2D eigenvalue weighted by atomic mass is 10.1. The van der Waals surface area contributed by atoms with Crippen LogP contribution in [0.4, 0.5) is 0 Å². The molecule has 176 valence electrons. The maximum Gasteiger partial charge on any atom is 0.251 e. The van der Waals surface area contributed by atoms with E-state index in [0.717, 1.165) is 16.8 Å². The molecule has 1 atom stereocenters. The summed E-state index contributed by atoms with van der Waals surface area (Å²) in [7, 11) is 1.55. The van der Waals surface area contributed by atoms with Gasteiger partial charge < -0.3 is 19.6 Å². The Bertz CT molecular complexity index is 1190. The molecular formula is C25H23Cl2N3O4. The van der Waals surface area contributed by atoms with Crippen LogP contribution in [0.25, 0.3) is 0 Å². The van der Waals surface area contributed by atoms with Gasteiger partial charge in [-0.1, -0.05) is 34.4 Å². The summed E-state index contributed by atoms with van der Waals surface area (Å²) < 4.78 is 11.3. The smallest absolute Gasteiger partial charge is 0.251 e. The standard InChI is InChI=1S/C25H23Cl2N3O4/c1-32-23-5-3-18(12-24(23)33-11-8-16-2-4-19(26)13-21(16)27)25(31)29-15-20-14-22(30-34-20)17-6-9-28-10-7-17/h2-7,9-10,12-13,20H,8,11,14-15H2,1H3,(H,29,31). The molecule has 1 unspecified atom stereocenters. The lowest BCUT2D eigenvalue weighted by Gasteiger charge is -2.14. The van der Waals surface area contributed by atoms with Gasteiger partial charge in [-0.2, -0.15) is 0 Å². The number of oxime groups is 1. The Morgan fingerprint density at radius 3 is 2.71 bits per heavy atom. The van der Waals surface area contributed by atoms with Gasteiger partial charge in [-0.3, -0.25) is 9.78 Å². The van der Waals surface area contributed by atoms with Gasteiger partial charge in [-0.05, 0) is 48.0 Å². The molecule has 9 heteroatoms. The highest BCUT2D eigenvalue weighted by Crippen LogP contribution is 2.29. The van der Waals surface area contributed by atoms with Crippen molar-refractivity contribution in [3.8, 4) is 11.5 Å². The van der Waals surface area contributed by atoms with E-state index in [1.54, 1.807) is 49.8 Å². The molecule has 0 saturated heterocycles. The summed E-state index contributed by atoms with van der Waals surface area (Å²) in [6.45, 7) is 0.683. The topological polar surface area (TPSA) is 82.0 Å². The van der Waals surface area contributed by atoms with Crippen LogP contribution in [-0.4, -0.2) is 43.0 Å². The first-order chi connectivity index (χ1) is 16.5. The Labute approximate surface area is 207 Å². The van der Waals surface area contributed by atoms with Crippen molar-refractivity contribution in [2.45, 2.75) is 18.9 Å². The monoisotopic (exact) mass is 499 g/mol. The first-order valence-electron chi connectivity index (χ1n) is 10.7. The van der Waals surface area contributed by atoms with Gasteiger partial charge in [0.2, 0.25) is 0 Å². The van der Waals surface area contributed by atoms with Crippen molar-refractivity contribution in [2.75, 3.05) is 20.3 Å². The maximum atomic E-state index is 12.7. The molecule has 1 aliphatic heterocycles. The van der Waals surface area contributed by atoms with Crippen LogP contribution in [0.2, 0.25) is 10.0 Å². The van der Waals surface area contributed by atoms with Crippen molar-refractivity contribution < 1.29 is 19.1 Å². The number of carbonyl (C=O) groups is 1. The van der Waals surface area contributed by atoms with Crippen LogP contribution in [0, 0.1) is 0 Å². The Balaban J connectivity index is 1.32. The van der Waals surface area contributed by atoms with Crippen molar-refractivity contribution >= 4 is 34.8 Å². The minimum atomic E-state index is -0.241. The molecule has 2 heterocycles. The van der Waals surface area contributed by atoms with Crippen LogP contribution in [0.5, 0.6) is 11.5 Å². The molecule has 3 aromatic rings. The second-order valence-electron chi connectivity index (χ2n) is 7.62. The maximum absolute atomic E-state index is 12.7. The number of nitrogens with one attached hydrogen (secondary N) is 1. The molecule has 0 aliphatic carbocycles. The van der Waals surface area contributed by atoms with Gasteiger partial charge in [0.15, 0.2) is 11.5 Å². The SMILES string of the molecule is COc1ccc(C(=O)NCC2CC(c3ccncc3)=NO2)cc1OCCc1ccc(Cl)cc1Cl. The normalized spacial score (nSPS) is 14.8. The predicted octanol–water partition coefficient (Wildman–Crippen LogP) is 4.94. The quantitative estimate of drug-likeness (QED) is 0.450. The van der Waals surface area contributed by atoms with Gasteiger partial charge in [0.25, 0.3) is 5.91 Å². The van der Waals surface area contributed by atoms with Crippen LogP contribution in [-0.2, 0) is 11.3 Å². The molecule has 0 spiro atoms. The van der Waals surface area contributed by atoms with Crippen LogP contribution < -0.4 is 14.8 Å². The number of nitrogens with zero attached hydrogens (tertiary/aromatic N) is 2. The van der Waals surface area contributed by atoms with Crippen LogP contribution >= 0.6 is 23.2 Å². The van der Waals surface area contributed by atoms with Crippen molar-refractivity contribution in [2.24, 2.45) is 5.16 Å². The molecule has 1 aromatic heterocycles. The number of ether oxygens (including phenoxy) is 2. The first-order valence-corrected chi connectivity index (χ1v) is 11.4. The molecule has 1 aliphatic rings. The highest BCUT2D eigenvalue weighted by molar-refractivity contribution is 6.35. The van der Waals surface area contributed by atoms with Gasteiger partial charge in [0.05, 0.1) is 26.0 Å². The summed E-state index contributed by atoms with van der Waals surface area (Å²) in [5.41, 5.74) is 3.17. The number of amides is 1. The summed E-state index contributed by atoms with van der Waals surface area (Å²) >= 11 is 12.2. The van der Waals surface area contributed by atoms with E-state index in [2.05, 4.69) is 15.5 Å². The van der Waals surface area contributed by atoms with E-state index in [0.29, 0.717) is 53.1 Å². The third-order valence-corrected chi connectivity index (χ3v) is 5.89. The third-order valence-electron chi connectivity index (χ3n) is 5.31. The van der Waals surface area contributed by atoms with Gasteiger partial charge in [0.1, 0.15) is 6.10 Å². The molecule has 1 N–H and O–H groups in total. The molecule has 4 rings (SSSR count). The van der Waals surface area contributed by atoms with Crippen LogP contribution in [0.15, 0.2) is 66.1 Å². The van der Waals surface area contributed by atoms with Gasteiger partial charge in [0, 0.05) is 46.4 Å². The lowest BCUT2D eigenvalue weighted by Crippen LogP contribution is -2.32. The Hall–Kier alpha value is -3.29. The summed E-state index contributed by atoms with van der Waals surface area (Å²) in [4.78, 5) is 22.2. The predicted molar refractivity (Wildman–Crippen MR) is 131 cm³/mol. The molecule has 2 aromatic carbocycles. The zero-order chi connectivity index (χ0) is 23.9. The first kappa shape index (κ1) is 23.9. The highest BCUT2D eigenvalue weighted by atomic mass is 35.5. The fourth-order valence-corrected chi connectivity index (χ4v) is 3.99.